The minimum atomic E-state index is -3.63. The molecular weight excluding hydrogens is 309 g/mol. The third-order valence-corrected chi connectivity index (χ3v) is 5.67. The second-order valence-electron chi connectivity index (χ2n) is 4.33. The minimum absolute atomic E-state index is 0.0234. The molecule has 0 atom stereocenters. The molecule has 3 nitrogen and oxygen atoms in total. The fraction of sp³-hybridized carbons (Fsp3) is 0.455. The van der Waals surface area contributed by atoms with E-state index in [1.54, 1.807) is 0 Å². The Morgan fingerprint density at radius 1 is 1.41 bits per heavy atom. The first-order valence-electron chi connectivity index (χ1n) is 5.33. The molecule has 6 heteroatoms. The predicted octanol–water partition coefficient (Wildman–Crippen LogP) is 2.42. The Labute approximate surface area is 109 Å². The summed E-state index contributed by atoms with van der Waals surface area (Å²) in [5, 5.41) is 0.578. The van der Waals surface area contributed by atoms with Gasteiger partial charge in [-0.15, -0.1) is 0 Å². The Kier molecular flexibility index (Phi) is 3.56. The van der Waals surface area contributed by atoms with E-state index in [9.17, 15) is 12.8 Å². The summed E-state index contributed by atoms with van der Waals surface area (Å²) < 4.78 is 39.8. The first-order chi connectivity index (χ1) is 7.97. The van der Waals surface area contributed by atoms with Crippen LogP contribution in [0.5, 0.6) is 0 Å². The van der Waals surface area contributed by atoms with Gasteiger partial charge >= 0.3 is 0 Å². The molecule has 1 saturated carbocycles. The largest absolute Gasteiger partial charge is 0.241 e. The van der Waals surface area contributed by atoms with Crippen LogP contribution in [0.4, 0.5) is 4.39 Å². The molecular formula is C11H13BrFNO2S. The lowest BCUT2D eigenvalue weighted by Gasteiger charge is -2.40. The minimum Gasteiger partial charge on any atom is -0.207 e. The van der Waals surface area contributed by atoms with E-state index >= 15 is 0 Å². The van der Waals surface area contributed by atoms with Crippen LogP contribution in [0.15, 0.2) is 29.2 Å². The van der Waals surface area contributed by atoms with Crippen molar-refractivity contribution >= 4 is 26.0 Å². The van der Waals surface area contributed by atoms with Crippen LogP contribution >= 0.6 is 15.9 Å². The van der Waals surface area contributed by atoms with E-state index < -0.39 is 21.4 Å². The molecule has 1 aromatic rings. The van der Waals surface area contributed by atoms with Crippen molar-refractivity contribution in [3.63, 3.8) is 0 Å². The molecule has 0 aromatic heterocycles. The van der Waals surface area contributed by atoms with E-state index in [2.05, 4.69) is 20.7 Å². The summed E-state index contributed by atoms with van der Waals surface area (Å²) in [6.07, 6.45) is 2.64. The highest BCUT2D eigenvalue weighted by atomic mass is 79.9. The molecule has 94 valence electrons. The van der Waals surface area contributed by atoms with Crippen LogP contribution in [0, 0.1) is 5.82 Å². The zero-order valence-corrected chi connectivity index (χ0v) is 11.5. The standard InChI is InChI=1S/C11H13BrFNO2S/c12-8-11(5-2-6-11)14-17(15,16)10-4-1-3-9(13)7-10/h1,3-4,7,14H,2,5-6,8H2. The van der Waals surface area contributed by atoms with Gasteiger partial charge in [-0.3, -0.25) is 0 Å². The Hall–Kier alpha value is -0.460. The van der Waals surface area contributed by atoms with Gasteiger partial charge in [0.25, 0.3) is 0 Å². The molecule has 0 amide bonds. The maximum Gasteiger partial charge on any atom is 0.241 e. The number of halogens is 2. The molecule has 0 bridgehead atoms. The molecule has 0 heterocycles. The normalized spacial score (nSPS) is 18.7. The van der Waals surface area contributed by atoms with Gasteiger partial charge in [-0.2, -0.15) is 0 Å². The van der Waals surface area contributed by atoms with Crippen molar-refractivity contribution in [2.45, 2.75) is 29.7 Å². The summed E-state index contributed by atoms with van der Waals surface area (Å²) in [6.45, 7) is 0. The number of hydrogen-bond acceptors (Lipinski definition) is 2. The molecule has 1 fully saturated rings. The highest BCUT2D eigenvalue weighted by Gasteiger charge is 2.39. The number of alkyl halides is 1. The molecule has 17 heavy (non-hydrogen) atoms. The first-order valence-corrected chi connectivity index (χ1v) is 7.93. The van der Waals surface area contributed by atoms with Gasteiger partial charge in [0.1, 0.15) is 5.82 Å². The van der Waals surface area contributed by atoms with Gasteiger partial charge in [-0.1, -0.05) is 22.0 Å². The Morgan fingerprint density at radius 3 is 2.59 bits per heavy atom. The summed E-state index contributed by atoms with van der Waals surface area (Å²) in [5.41, 5.74) is -0.398. The second kappa shape index (κ2) is 4.66. The van der Waals surface area contributed by atoms with Crippen LogP contribution in [0.25, 0.3) is 0 Å². The molecule has 1 aliphatic carbocycles. The van der Waals surface area contributed by atoms with Gasteiger partial charge < -0.3 is 0 Å². The van der Waals surface area contributed by atoms with Crippen molar-refractivity contribution in [1.82, 2.24) is 4.72 Å². The van der Waals surface area contributed by atoms with Gasteiger partial charge in [0.2, 0.25) is 10.0 Å². The summed E-state index contributed by atoms with van der Waals surface area (Å²) in [5.74, 6) is -0.547. The van der Waals surface area contributed by atoms with Gasteiger partial charge in [0.15, 0.2) is 0 Å². The second-order valence-corrected chi connectivity index (χ2v) is 6.57. The Morgan fingerprint density at radius 2 is 2.12 bits per heavy atom. The fourth-order valence-corrected chi connectivity index (χ4v) is 4.22. The van der Waals surface area contributed by atoms with Crippen LogP contribution in [0.3, 0.4) is 0 Å². The number of benzene rings is 1. The van der Waals surface area contributed by atoms with Crippen molar-refractivity contribution in [2.75, 3.05) is 5.33 Å². The van der Waals surface area contributed by atoms with E-state index in [0.29, 0.717) is 5.33 Å². The summed E-state index contributed by atoms with van der Waals surface area (Å²) in [4.78, 5) is -0.0234. The van der Waals surface area contributed by atoms with Crippen LogP contribution in [0.1, 0.15) is 19.3 Å². The fourth-order valence-electron chi connectivity index (χ4n) is 1.84. The average Bonchev–Trinajstić information content (AvgIpc) is 2.24. The van der Waals surface area contributed by atoms with Gasteiger partial charge in [0, 0.05) is 10.9 Å². The van der Waals surface area contributed by atoms with E-state index in [-0.39, 0.29) is 4.90 Å². The molecule has 2 rings (SSSR count). The number of rotatable bonds is 4. The molecule has 0 saturated heterocycles. The summed E-state index contributed by atoms with van der Waals surface area (Å²) in [7, 11) is -3.63. The molecule has 1 aromatic carbocycles. The van der Waals surface area contributed by atoms with Crippen molar-refractivity contribution in [2.24, 2.45) is 0 Å². The van der Waals surface area contributed by atoms with Gasteiger partial charge in [0.05, 0.1) is 4.90 Å². The number of nitrogens with one attached hydrogen (secondary N) is 1. The zero-order chi connectivity index (χ0) is 12.5. The van der Waals surface area contributed by atoms with Crippen LogP contribution in [-0.4, -0.2) is 19.3 Å². The SMILES string of the molecule is O=S(=O)(NC1(CBr)CCC1)c1cccc(F)c1. The first kappa shape index (κ1) is 13.0. The maximum atomic E-state index is 13.0. The van der Waals surface area contributed by atoms with E-state index in [0.717, 1.165) is 25.3 Å². The molecule has 0 aliphatic heterocycles. The van der Waals surface area contributed by atoms with Crippen LogP contribution in [-0.2, 0) is 10.0 Å². The summed E-state index contributed by atoms with van der Waals surface area (Å²) in [6, 6.07) is 5.04. The lowest BCUT2D eigenvalue weighted by Crippen LogP contribution is -2.54. The monoisotopic (exact) mass is 321 g/mol. The molecule has 0 spiro atoms. The van der Waals surface area contributed by atoms with Crippen LogP contribution < -0.4 is 4.72 Å². The zero-order valence-electron chi connectivity index (χ0n) is 9.12. The molecule has 0 unspecified atom stereocenters. The lowest BCUT2D eigenvalue weighted by molar-refractivity contribution is 0.256. The quantitative estimate of drug-likeness (QED) is 0.866. The van der Waals surface area contributed by atoms with Crippen molar-refractivity contribution in [1.29, 1.82) is 0 Å². The third-order valence-electron chi connectivity index (χ3n) is 3.02. The van der Waals surface area contributed by atoms with Crippen molar-refractivity contribution < 1.29 is 12.8 Å². The van der Waals surface area contributed by atoms with E-state index in [4.69, 9.17) is 0 Å². The van der Waals surface area contributed by atoms with Crippen molar-refractivity contribution in [3.8, 4) is 0 Å². The summed E-state index contributed by atoms with van der Waals surface area (Å²) >= 11 is 3.32. The Bertz CT molecular complexity index is 508. The predicted molar refractivity (Wildman–Crippen MR) is 67.1 cm³/mol. The third kappa shape index (κ3) is 2.69. The number of hydrogen-bond donors (Lipinski definition) is 1. The topological polar surface area (TPSA) is 46.2 Å². The highest BCUT2D eigenvalue weighted by Crippen LogP contribution is 2.34. The number of sulfonamides is 1. The molecule has 1 aliphatic rings. The van der Waals surface area contributed by atoms with E-state index in [1.807, 2.05) is 0 Å². The van der Waals surface area contributed by atoms with Gasteiger partial charge in [-0.25, -0.2) is 17.5 Å². The molecule has 0 radical (unpaired) electrons. The average molecular weight is 322 g/mol. The lowest BCUT2D eigenvalue weighted by atomic mass is 9.80. The Balaban J connectivity index is 2.25. The van der Waals surface area contributed by atoms with Crippen molar-refractivity contribution in [3.05, 3.63) is 30.1 Å². The highest BCUT2D eigenvalue weighted by molar-refractivity contribution is 9.09. The molecule has 1 N–H and O–H groups in total. The maximum absolute atomic E-state index is 13.0. The van der Waals surface area contributed by atoms with Gasteiger partial charge in [-0.05, 0) is 37.5 Å². The van der Waals surface area contributed by atoms with E-state index in [1.165, 1.54) is 18.2 Å². The smallest absolute Gasteiger partial charge is 0.207 e. The van der Waals surface area contributed by atoms with Crippen LogP contribution in [0.2, 0.25) is 0 Å².